The Morgan fingerprint density at radius 2 is 1.46 bits per heavy atom. The molecule has 20 heteroatoms. The first-order valence-electron chi connectivity index (χ1n) is 23.9. The van der Waals surface area contributed by atoms with Crippen LogP contribution in [0.25, 0.3) is 11.1 Å². The lowest BCUT2D eigenvalue weighted by atomic mass is 9.43. The molecular weight excluding hydrogens is 873 g/mol. The number of hydrogen-bond acceptors (Lipinski definition) is 12. The molecule has 0 aromatic heterocycles. The molecule has 2 aromatic rings. The number of benzene rings is 2. The molecule has 2 aromatic carbocycles. The molecule has 68 heavy (non-hydrogen) atoms. The molecule has 4 aliphatic rings. The van der Waals surface area contributed by atoms with Gasteiger partial charge in [-0.1, -0.05) is 63.6 Å². The number of amides is 7. The van der Waals surface area contributed by atoms with Gasteiger partial charge in [-0.2, -0.15) is 0 Å². The summed E-state index contributed by atoms with van der Waals surface area (Å²) >= 11 is 0. The zero-order chi connectivity index (χ0) is 49.9. The van der Waals surface area contributed by atoms with Gasteiger partial charge < -0.3 is 63.5 Å². The summed E-state index contributed by atoms with van der Waals surface area (Å²) in [7, 11) is -0.788. The van der Waals surface area contributed by atoms with E-state index < -0.39 is 90.9 Å². The number of hydrogen-bond donors (Lipinski definition) is 10. The summed E-state index contributed by atoms with van der Waals surface area (Å²) in [5, 5.41) is 25.7. The van der Waals surface area contributed by atoms with Crippen LogP contribution in [0.1, 0.15) is 115 Å². The van der Waals surface area contributed by atoms with Crippen molar-refractivity contribution in [1.82, 2.24) is 31.9 Å². The van der Waals surface area contributed by atoms with Crippen LogP contribution in [-0.4, -0.2) is 115 Å². The van der Waals surface area contributed by atoms with Crippen molar-refractivity contribution in [3.63, 3.8) is 0 Å². The highest BCUT2D eigenvalue weighted by atomic mass is 16.7. The highest BCUT2D eigenvalue weighted by Gasteiger charge is 2.68. The van der Waals surface area contributed by atoms with Crippen LogP contribution in [0.2, 0.25) is 0 Å². The van der Waals surface area contributed by atoms with Gasteiger partial charge in [0.1, 0.15) is 18.1 Å². The van der Waals surface area contributed by atoms with Crippen LogP contribution in [0.5, 0.6) is 0 Å². The number of primary amides is 1. The van der Waals surface area contributed by atoms with E-state index in [1.807, 2.05) is 19.1 Å². The lowest BCUT2D eigenvalue weighted by Gasteiger charge is -2.64. The Morgan fingerprint density at radius 1 is 0.809 bits per heavy atom. The predicted octanol–water partition coefficient (Wildman–Crippen LogP) is 0.829. The standard InChI is InChI=1S/C48H72BN9O10/c1-7-8-11-29-13-15-30(16-14-29)31-17-19-32(20-18-31)42(62)53-23-21-39(61)55-34(12-9-10-22-50)43(63)57-40(27(2)59)45(65)58-41(52)46(66)56-35(26-38(51)60)44(64)54-28(3)49-67-37-25-33-24-36(47(33,4)5)48(37,6)68-49/h13-20,27-28,33-37,40-41,59H,7-12,21-26,50,52H2,1-6H3,(H2,51,60)(H,53,62)(H,54,64)(H,55,61)(H,56,66)(H,57,63)(H,58,65)/t27?,28-,33-,34+,35+,36-,37+,40+,41-,48-/m1/s1. The molecule has 4 fully saturated rings. The fourth-order valence-electron chi connectivity index (χ4n) is 9.63. The van der Waals surface area contributed by atoms with Gasteiger partial charge in [-0.25, -0.2) is 0 Å². The number of aryl methyl sites for hydroxylation is 1. The molecule has 0 radical (unpaired) electrons. The Labute approximate surface area is 399 Å². The quantitative estimate of drug-likeness (QED) is 0.0376. The second-order valence-electron chi connectivity index (χ2n) is 19.4. The SMILES string of the molecule is CCCCc1ccc(-c2ccc(C(=O)NCCC(=O)N[C@@H](CCCCN)C(=O)N[C@H](C(=O)N[C@@H](N)C(=O)N[C@@H](CC(N)=O)C(=O)N[C@H](C)B3O[C@H]4C[C@H]5C[C@H](C5(C)C)[C@@]4(C)O3)C(C)O)cc2)cc1. The van der Waals surface area contributed by atoms with Crippen LogP contribution in [0, 0.1) is 17.3 Å². The summed E-state index contributed by atoms with van der Waals surface area (Å²) < 4.78 is 12.7. The first-order chi connectivity index (χ1) is 32.2. The lowest BCUT2D eigenvalue weighted by Crippen LogP contribution is -2.65. The Bertz CT molecular complexity index is 2110. The molecule has 1 heterocycles. The van der Waals surface area contributed by atoms with Crippen LogP contribution < -0.4 is 49.1 Å². The van der Waals surface area contributed by atoms with Crippen LogP contribution in [-0.2, 0) is 44.5 Å². The molecule has 13 N–H and O–H groups in total. The number of nitrogens with two attached hydrogens (primary N) is 3. The first kappa shape index (κ1) is 53.5. The van der Waals surface area contributed by atoms with Gasteiger partial charge in [0.25, 0.3) is 11.8 Å². The van der Waals surface area contributed by atoms with E-state index in [4.69, 9.17) is 26.5 Å². The fourth-order valence-corrected chi connectivity index (χ4v) is 9.63. The maximum atomic E-state index is 13.6. The molecule has 6 rings (SSSR count). The first-order valence-corrected chi connectivity index (χ1v) is 23.9. The van der Waals surface area contributed by atoms with E-state index in [-0.39, 0.29) is 42.7 Å². The van der Waals surface area contributed by atoms with Crippen molar-refractivity contribution < 1.29 is 48.0 Å². The van der Waals surface area contributed by atoms with Crippen LogP contribution in [0.15, 0.2) is 48.5 Å². The molecule has 3 aliphatic carbocycles. The molecule has 1 unspecified atom stereocenters. The molecule has 0 spiro atoms. The van der Waals surface area contributed by atoms with Crippen molar-refractivity contribution in [2.24, 2.45) is 34.5 Å². The highest BCUT2D eigenvalue weighted by Crippen LogP contribution is 2.65. The van der Waals surface area contributed by atoms with Gasteiger partial charge >= 0.3 is 7.12 Å². The van der Waals surface area contributed by atoms with Crippen LogP contribution in [0.4, 0.5) is 0 Å². The minimum Gasteiger partial charge on any atom is -0.404 e. The van der Waals surface area contributed by atoms with Crippen LogP contribution >= 0.6 is 0 Å². The van der Waals surface area contributed by atoms with Gasteiger partial charge in [-0.15, -0.1) is 0 Å². The van der Waals surface area contributed by atoms with Gasteiger partial charge in [0, 0.05) is 18.5 Å². The summed E-state index contributed by atoms with van der Waals surface area (Å²) in [6.07, 6.45) is 2.00. The number of carbonyl (C=O) groups excluding carboxylic acids is 7. The smallest absolute Gasteiger partial charge is 0.404 e. The van der Waals surface area contributed by atoms with Crippen molar-refractivity contribution >= 4 is 48.5 Å². The largest absolute Gasteiger partial charge is 0.481 e. The average Bonchev–Trinajstić information content (AvgIpc) is 3.67. The number of aliphatic hydroxyl groups excluding tert-OH is 1. The van der Waals surface area contributed by atoms with E-state index in [0.29, 0.717) is 30.9 Å². The normalized spacial score (nSPS) is 22.7. The Hall–Kier alpha value is -5.41. The molecule has 2 bridgehead atoms. The molecular formula is C48H72BN9O10. The van der Waals surface area contributed by atoms with E-state index in [1.54, 1.807) is 19.1 Å². The van der Waals surface area contributed by atoms with Gasteiger partial charge in [0.2, 0.25) is 29.5 Å². The van der Waals surface area contributed by atoms with Crippen LogP contribution in [0.3, 0.4) is 0 Å². The Balaban J connectivity index is 1.10. The number of aliphatic hydroxyl groups is 1. The zero-order valence-corrected chi connectivity index (χ0v) is 40.2. The van der Waals surface area contributed by atoms with Gasteiger partial charge in [-0.3, -0.25) is 33.6 Å². The maximum Gasteiger partial charge on any atom is 0.481 e. The van der Waals surface area contributed by atoms with E-state index in [2.05, 4.69) is 76.9 Å². The monoisotopic (exact) mass is 946 g/mol. The average molecular weight is 946 g/mol. The summed E-state index contributed by atoms with van der Waals surface area (Å²) in [6.45, 7) is 11.8. The van der Waals surface area contributed by atoms with E-state index >= 15 is 0 Å². The maximum absolute atomic E-state index is 13.6. The predicted molar refractivity (Wildman–Crippen MR) is 255 cm³/mol. The van der Waals surface area contributed by atoms with Crippen molar-refractivity contribution in [3.05, 3.63) is 59.7 Å². The highest BCUT2D eigenvalue weighted by molar-refractivity contribution is 6.47. The second kappa shape index (κ2) is 23.7. The van der Waals surface area contributed by atoms with E-state index in [0.717, 1.165) is 43.2 Å². The summed E-state index contributed by atoms with van der Waals surface area (Å²) in [5.41, 5.74) is 20.3. The van der Waals surface area contributed by atoms with Crippen molar-refractivity contribution in [2.45, 2.75) is 154 Å². The second-order valence-corrected chi connectivity index (χ2v) is 19.4. The van der Waals surface area contributed by atoms with Crippen molar-refractivity contribution in [3.8, 4) is 11.1 Å². The molecule has 372 valence electrons. The van der Waals surface area contributed by atoms with Crippen molar-refractivity contribution in [2.75, 3.05) is 13.1 Å². The molecule has 1 saturated heterocycles. The van der Waals surface area contributed by atoms with Gasteiger partial charge in [0.05, 0.1) is 30.2 Å². The molecule has 3 saturated carbocycles. The topological polar surface area (TPSA) is 308 Å². The van der Waals surface area contributed by atoms with E-state index in [1.165, 1.54) is 12.5 Å². The van der Waals surface area contributed by atoms with Gasteiger partial charge in [0.15, 0.2) is 6.17 Å². The third-order valence-corrected chi connectivity index (χ3v) is 13.9. The molecule has 7 amide bonds. The number of rotatable bonds is 25. The van der Waals surface area contributed by atoms with Gasteiger partial charge in [-0.05, 0) is 118 Å². The summed E-state index contributed by atoms with van der Waals surface area (Å²) in [6, 6.07) is 11.2. The molecule has 10 atom stereocenters. The number of carbonyl (C=O) groups is 7. The van der Waals surface area contributed by atoms with Crippen molar-refractivity contribution in [1.29, 1.82) is 0 Å². The number of unbranched alkanes of at least 4 members (excludes halogenated alkanes) is 2. The fraction of sp³-hybridized carbons (Fsp3) is 0.604. The third-order valence-electron chi connectivity index (χ3n) is 13.9. The minimum absolute atomic E-state index is 0.0367. The van der Waals surface area contributed by atoms with E-state index in [9.17, 15) is 38.7 Å². The third kappa shape index (κ3) is 13.4. The lowest BCUT2D eigenvalue weighted by molar-refractivity contribution is -0.199. The zero-order valence-electron chi connectivity index (χ0n) is 40.2. The molecule has 1 aliphatic heterocycles. The summed E-state index contributed by atoms with van der Waals surface area (Å²) in [4.78, 5) is 91.7. The Kier molecular flexibility index (Phi) is 18.7. The minimum atomic E-state index is -1.82. The summed E-state index contributed by atoms with van der Waals surface area (Å²) in [5.74, 6) is -5.46. The molecule has 19 nitrogen and oxygen atoms in total. The Morgan fingerprint density at radius 3 is 2.06 bits per heavy atom. The number of nitrogens with one attached hydrogen (secondary N) is 6.